The third kappa shape index (κ3) is 2.44. The Morgan fingerprint density at radius 1 is 1.29 bits per heavy atom. The van der Waals surface area contributed by atoms with Crippen molar-refractivity contribution in [2.75, 3.05) is 0 Å². The van der Waals surface area contributed by atoms with Crippen molar-refractivity contribution >= 4 is 38.6 Å². The molecule has 0 fully saturated rings. The molecule has 1 heterocycles. The molecule has 3 aromatic rings. The maximum absolute atomic E-state index is 9.12. The van der Waals surface area contributed by atoms with Gasteiger partial charge in [-0.05, 0) is 42.8 Å². The first-order chi connectivity index (χ1) is 10.1. The second-order valence-electron chi connectivity index (χ2n) is 4.74. The summed E-state index contributed by atoms with van der Waals surface area (Å²) in [6.45, 7) is 2.01. The van der Waals surface area contributed by atoms with E-state index in [1.165, 1.54) is 0 Å². The lowest BCUT2D eigenvalue weighted by molar-refractivity contribution is 0.971. The number of benzene rings is 2. The number of imidazole rings is 1. The minimum atomic E-state index is 0.308. The van der Waals surface area contributed by atoms with Crippen molar-refractivity contribution < 1.29 is 0 Å². The van der Waals surface area contributed by atoms with E-state index in [-0.39, 0.29) is 0 Å². The van der Waals surface area contributed by atoms with Crippen LogP contribution in [0, 0.1) is 18.3 Å². The average molecular weight is 361 g/mol. The van der Waals surface area contributed by atoms with Gasteiger partial charge in [-0.3, -0.25) is 4.57 Å². The van der Waals surface area contributed by atoms with E-state index >= 15 is 0 Å². The number of fused-ring (bicyclic) bond motifs is 1. The molecular weight excluding hydrogens is 350 g/mol. The third-order valence-corrected chi connectivity index (χ3v) is 4.12. The molecule has 21 heavy (non-hydrogen) atoms. The smallest absolute Gasteiger partial charge is 0.129 e. The van der Waals surface area contributed by atoms with Crippen LogP contribution in [0.4, 0.5) is 0 Å². The fourth-order valence-corrected chi connectivity index (χ4v) is 2.91. The van der Waals surface area contributed by atoms with Crippen LogP contribution in [-0.2, 0) is 5.88 Å². The number of aromatic nitrogens is 2. The highest BCUT2D eigenvalue weighted by Gasteiger charge is 2.14. The minimum Gasteiger partial charge on any atom is -0.295 e. The lowest BCUT2D eigenvalue weighted by atomic mass is 10.1. The van der Waals surface area contributed by atoms with Crippen molar-refractivity contribution in [1.29, 1.82) is 5.26 Å². The lowest BCUT2D eigenvalue weighted by Crippen LogP contribution is -2.02. The molecule has 0 saturated heterocycles. The summed E-state index contributed by atoms with van der Waals surface area (Å²) < 4.78 is 2.99. The van der Waals surface area contributed by atoms with E-state index in [0.29, 0.717) is 11.4 Å². The van der Waals surface area contributed by atoms with Gasteiger partial charge in [0, 0.05) is 4.47 Å². The summed E-state index contributed by atoms with van der Waals surface area (Å²) in [4.78, 5) is 4.58. The normalized spacial score (nSPS) is 10.8. The van der Waals surface area contributed by atoms with E-state index in [9.17, 15) is 0 Å². The first kappa shape index (κ1) is 14.1. The van der Waals surface area contributed by atoms with E-state index in [2.05, 4.69) is 27.0 Å². The molecule has 1 aromatic heterocycles. The zero-order valence-corrected chi connectivity index (χ0v) is 13.6. The second kappa shape index (κ2) is 5.51. The first-order valence-corrected chi connectivity index (χ1v) is 7.71. The van der Waals surface area contributed by atoms with Crippen LogP contribution < -0.4 is 0 Å². The highest BCUT2D eigenvalue weighted by atomic mass is 79.9. The van der Waals surface area contributed by atoms with Gasteiger partial charge in [-0.15, -0.1) is 11.6 Å². The summed E-state index contributed by atoms with van der Waals surface area (Å²) in [5, 5.41) is 9.12. The highest BCUT2D eigenvalue weighted by molar-refractivity contribution is 9.10. The van der Waals surface area contributed by atoms with Crippen molar-refractivity contribution in [2.24, 2.45) is 0 Å². The van der Waals surface area contributed by atoms with Gasteiger partial charge in [0.1, 0.15) is 5.82 Å². The Bertz CT molecular complexity index is 877. The van der Waals surface area contributed by atoms with Crippen LogP contribution in [0.2, 0.25) is 0 Å². The molecule has 0 unspecified atom stereocenters. The van der Waals surface area contributed by atoms with Gasteiger partial charge < -0.3 is 0 Å². The van der Waals surface area contributed by atoms with E-state index in [1.807, 2.05) is 47.9 Å². The topological polar surface area (TPSA) is 41.6 Å². The summed E-state index contributed by atoms with van der Waals surface area (Å²) in [5.74, 6) is 1.07. The standard InChI is InChI=1S/C16H11BrClN3/c1-10-2-3-11(9-19)6-15(10)21-14-5-4-12(17)7-13(14)20-16(21)8-18/h2-7H,8H2,1H3. The molecule has 3 nitrogen and oxygen atoms in total. The van der Waals surface area contributed by atoms with E-state index in [0.717, 1.165) is 32.6 Å². The number of nitriles is 1. The fourth-order valence-electron chi connectivity index (χ4n) is 2.38. The van der Waals surface area contributed by atoms with E-state index in [1.54, 1.807) is 0 Å². The Morgan fingerprint density at radius 3 is 2.81 bits per heavy atom. The second-order valence-corrected chi connectivity index (χ2v) is 5.93. The molecule has 0 spiro atoms. The molecule has 5 heteroatoms. The quantitative estimate of drug-likeness (QED) is 0.621. The van der Waals surface area contributed by atoms with Crippen LogP contribution in [0.5, 0.6) is 0 Å². The zero-order chi connectivity index (χ0) is 15.0. The van der Waals surface area contributed by atoms with Crippen molar-refractivity contribution in [3.63, 3.8) is 0 Å². The number of nitrogens with zero attached hydrogens (tertiary/aromatic N) is 3. The molecule has 3 rings (SSSR count). The van der Waals surface area contributed by atoms with Gasteiger partial charge in [0.15, 0.2) is 0 Å². The molecule has 0 saturated carbocycles. The molecule has 0 aliphatic heterocycles. The number of halogens is 2. The minimum absolute atomic E-state index is 0.308. The predicted molar refractivity (Wildman–Crippen MR) is 87.8 cm³/mol. The van der Waals surface area contributed by atoms with Gasteiger partial charge >= 0.3 is 0 Å². The number of hydrogen-bond donors (Lipinski definition) is 0. The predicted octanol–water partition coefficient (Wildman–Crippen LogP) is 4.71. The molecule has 0 bridgehead atoms. The summed E-state index contributed by atoms with van der Waals surface area (Å²) >= 11 is 9.52. The fraction of sp³-hybridized carbons (Fsp3) is 0.125. The van der Waals surface area contributed by atoms with Crippen LogP contribution in [0.25, 0.3) is 16.7 Å². The number of aryl methyl sites for hydroxylation is 1. The van der Waals surface area contributed by atoms with Gasteiger partial charge in [0.25, 0.3) is 0 Å². The monoisotopic (exact) mass is 359 g/mol. The highest BCUT2D eigenvalue weighted by Crippen LogP contribution is 2.27. The first-order valence-electron chi connectivity index (χ1n) is 6.38. The van der Waals surface area contributed by atoms with Crippen molar-refractivity contribution in [1.82, 2.24) is 9.55 Å². The lowest BCUT2D eigenvalue weighted by Gasteiger charge is -2.11. The molecule has 0 aliphatic rings. The molecule has 104 valence electrons. The van der Waals surface area contributed by atoms with Gasteiger partial charge in [-0.25, -0.2) is 4.98 Å². The summed E-state index contributed by atoms with van der Waals surface area (Å²) in [6, 6.07) is 13.7. The average Bonchev–Trinajstić information content (AvgIpc) is 2.85. The zero-order valence-electron chi connectivity index (χ0n) is 11.3. The Morgan fingerprint density at radius 2 is 2.10 bits per heavy atom. The Labute approximate surface area is 135 Å². The molecule has 0 atom stereocenters. The van der Waals surface area contributed by atoms with Crippen LogP contribution in [0.15, 0.2) is 40.9 Å². The Kier molecular flexibility index (Phi) is 3.71. The Hall–Kier alpha value is -1.83. The number of rotatable bonds is 2. The molecule has 0 aliphatic carbocycles. The molecule has 2 aromatic carbocycles. The number of alkyl halides is 1. The van der Waals surface area contributed by atoms with Crippen LogP contribution in [-0.4, -0.2) is 9.55 Å². The molecule has 0 radical (unpaired) electrons. The largest absolute Gasteiger partial charge is 0.295 e. The number of hydrogen-bond acceptors (Lipinski definition) is 2. The van der Waals surface area contributed by atoms with Crippen molar-refractivity contribution in [3.8, 4) is 11.8 Å². The maximum atomic E-state index is 9.12. The van der Waals surface area contributed by atoms with Crippen molar-refractivity contribution in [2.45, 2.75) is 12.8 Å². The maximum Gasteiger partial charge on any atom is 0.129 e. The van der Waals surface area contributed by atoms with Gasteiger partial charge in [-0.1, -0.05) is 22.0 Å². The van der Waals surface area contributed by atoms with Crippen molar-refractivity contribution in [3.05, 3.63) is 57.8 Å². The third-order valence-electron chi connectivity index (χ3n) is 3.38. The Balaban J connectivity index is 2.36. The van der Waals surface area contributed by atoms with Crippen LogP contribution >= 0.6 is 27.5 Å². The van der Waals surface area contributed by atoms with Gasteiger partial charge in [0.2, 0.25) is 0 Å². The summed E-state index contributed by atoms with van der Waals surface area (Å²) in [6.07, 6.45) is 0. The van der Waals surface area contributed by atoms with Crippen LogP contribution in [0.3, 0.4) is 0 Å². The molecule has 0 N–H and O–H groups in total. The van der Waals surface area contributed by atoms with Crippen LogP contribution in [0.1, 0.15) is 17.0 Å². The molecular formula is C16H11BrClN3. The molecule has 0 amide bonds. The summed E-state index contributed by atoms with van der Waals surface area (Å²) in [5.41, 5.74) is 4.49. The SMILES string of the molecule is Cc1ccc(C#N)cc1-n1c(CCl)nc2cc(Br)ccc21. The van der Waals surface area contributed by atoms with Gasteiger partial charge in [-0.2, -0.15) is 5.26 Å². The van der Waals surface area contributed by atoms with Gasteiger partial charge in [0.05, 0.1) is 34.2 Å². The summed E-state index contributed by atoms with van der Waals surface area (Å²) in [7, 11) is 0. The van der Waals surface area contributed by atoms with E-state index in [4.69, 9.17) is 16.9 Å². The van der Waals surface area contributed by atoms with E-state index < -0.39 is 0 Å².